The first-order chi connectivity index (χ1) is 13.7. The van der Waals surface area contributed by atoms with Gasteiger partial charge in [-0.2, -0.15) is 0 Å². The Labute approximate surface area is 171 Å². The zero-order chi connectivity index (χ0) is 21.0. The van der Waals surface area contributed by atoms with E-state index in [0.29, 0.717) is 17.6 Å². The first-order valence-electron chi connectivity index (χ1n) is 10.2. The first-order valence-corrected chi connectivity index (χ1v) is 10.2. The molecule has 1 amide bonds. The van der Waals surface area contributed by atoms with Gasteiger partial charge in [0.05, 0.1) is 0 Å². The van der Waals surface area contributed by atoms with Gasteiger partial charge < -0.3 is 19.5 Å². The van der Waals surface area contributed by atoms with Crippen molar-refractivity contribution in [3.63, 3.8) is 0 Å². The minimum Gasteiger partial charge on any atom is -0.463 e. The van der Waals surface area contributed by atoms with Crippen LogP contribution in [0.2, 0.25) is 0 Å². The number of alkyl carbamates (subject to hydrolysis) is 1. The van der Waals surface area contributed by atoms with Gasteiger partial charge in [-0.15, -0.1) is 0 Å². The van der Waals surface area contributed by atoms with Crippen molar-refractivity contribution >= 4 is 12.1 Å². The van der Waals surface area contributed by atoms with Gasteiger partial charge in [-0.1, -0.05) is 12.1 Å². The molecule has 2 aliphatic carbocycles. The summed E-state index contributed by atoms with van der Waals surface area (Å²) < 4.78 is 28.2. The zero-order valence-corrected chi connectivity index (χ0v) is 17.3. The van der Waals surface area contributed by atoms with Crippen LogP contribution in [0.5, 0.6) is 5.75 Å². The molecule has 2 saturated carbocycles. The van der Waals surface area contributed by atoms with Crippen molar-refractivity contribution < 1.29 is 28.2 Å². The van der Waals surface area contributed by atoms with E-state index in [1.807, 2.05) is 0 Å². The molecule has 0 heterocycles. The lowest BCUT2D eigenvalue weighted by Crippen LogP contribution is -2.46. The second kappa shape index (κ2) is 9.01. The lowest BCUT2D eigenvalue weighted by molar-refractivity contribution is -0.154. The molecule has 0 spiro atoms. The highest BCUT2D eigenvalue weighted by Gasteiger charge is 2.45. The van der Waals surface area contributed by atoms with Crippen molar-refractivity contribution in [3.05, 3.63) is 29.8 Å². The quantitative estimate of drug-likeness (QED) is 0.622. The summed E-state index contributed by atoms with van der Waals surface area (Å²) in [5, 5.41) is 2.66. The van der Waals surface area contributed by atoms with Crippen molar-refractivity contribution in [1.82, 2.24) is 5.32 Å². The van der Waals surface area contributed by atoms with Crippen molar-refractivity contribution in [1.29, 1.82) is 0 Å². The highest BCUT2D eigenvalue weighted by molar-refractivity contribution is 5.82. The maximum atomic E-state index is 12.9. The molecule has 1 N–H and O–H groups in total. The highest BCUT2D eigenvalue weighted by atomic mass is 19.1. The van der Waals surface area contributed by atoms with Crippen LogP contribution in [0.4, 0.5) is 9.18 Å². The predicted octanol–water partition coefficient (Wildman–Crippen LogP) is 4.16. The minimum absolute atomic E-state index is 0.0502. The maximum absolute atomic E-state index is 12.9. The van der Waals surface area contributed by atoms with Crippen LogP contribution < -0.4 is 10.1 Å². The molecule has 0 bridgehead atoms. The molecule has 1 atom stereocenters. The molecule has 3 rings (SSSR count). The number of halogens is 1. The van der Waals surface area contributed by atoms with Crippen LogP contribution in [0, 0.1) is 11.8 Å². The number of hydrogen-bond donors (Lipinski definition) is 1. The molecule has 0 aromatic heterocycles. The topological polar surface area (TPSA) is 73.9 Å². The Bertz CT molecular complexity index is 695. The molecule has 0 aliphatic heterocycles. The van der Waals surface area contributed by atoms with E-state index in [2.05, 4.69) is 5.32 Å². The number of ether oxygens (including phenoxy) is 3. The normalized spacial score (nSPS) is 17.6. The van der Waals surface area contributed by atoms with Crippen molar-refractivity contribution in [2.24, 2.45) is 11.8 Å². The molecule has 0 radical (unpaired) electrons. The molecular formula is C22H30FNO5. The molecule has 1 aromatic rings. The van der Waals surface area contributed by atoms with Gasteiger partial charge in [0.25, 0.3) is 0 Å². The van der Waals surface area contributed by atoms with Crippen LogP contribution in [0.1, 0.15) is 52.0 Å². The molecule has 1 unspecified atom stereocenters. The SMILES string of the molecule is CC(C)(C)OC(=O)NC(Cc1ccc(OCF)cc1)C(=O)OC(C1CC1)C1CC1. The number of rotatable bonds is 9. The average molecular weight is 407 g/mol. The third-order valence-electron chi connectivity index (χ3n) is 4.99. The van der Waals surface area contributed by atoms with Crippen molar-refractivity contribution in [3.8, 4) is 5.75 Å². The Hall–Kier alpha value is -2.31. The minimum atomic E-state index is -0.905. The lowest BCUT2D eigenvalue weighted by atomic mass is 10.1. The molecule has 7 heteroatoms. The third-order valence-corrected chi connectivity index (χ3v) is 4.99. The van der Waals surface area contributed by atoms with E-state index >= 15 is 0 Å². The lowest BCUT2D eigenvalue weighted by Gasteiger charge is -2.25. The Morgan fingerprint density at radius 3 is 2.17 bits per heavy atom. The molecule has 6 nitrogen and oxygen atoms in total. The number of carbonyl (C=O) groups excluding carboxylic acids is 2. The molecule has 0 saturated heterocycles. The van der Waals surface area contributed by atoms with E-state index in [-0.39, 0.29) is 12.5 Å². The second-order valence-corrected chi connectivity index (χ2v) is 8.88. The van der Waals surface area contributed by atoms with E-state index in [1.54, 1.807) is 45.0 Å². The van der Waals surface area contributed by atoms with E-state index in [0.717, 1.165) is 31.2 Å². The molecule has 1 aromatic carbocycles. The number of amides is 1. The van der Waals surface area contributed by atoms with Gasteiger partial charge in [0.2, 0.25) is 6.86 Å². The summed E-state index contributed by atoms with van der Waals surface area (Å²) in [6.45, 7) is 4.39. The van der Waals surface area contributed by atoms with Gasteiger partial charge >= 0.3 is 12.1 Å². The predicted molar refractivity (Wildman–Crippen MR) is 105 cm³/mol. The smallest absolute Gasteiger partial charge is 0.408 e. The van der Waals surface area contributed by atoms with Crippen LogP contribution in [0.15, 0.2) is 24.3 Å². The summed E-state index contributed by atoms with van der Waals surface area (Å²) in [5.74, 6) is 0.860. The first kappa shape index (κ1) is 21.4. The summed E-state index contributed by atoms with van der Waals surface area (Å²) in [6, 6.07) is 5.87. The molecule has 2 aliphatic rings. The number of carbonyl (C=O) groups is 2. The zero-order valence-electron chi connectivity index (χ0n) is 17.3. The van der Waals surface area contributed by atoms with Gasteiger partial charge in [0.1, 0.15) is 23.5 Å². The summed E-state index contributed by atoms with van der Waals surface area (Å²) in [5.41, 5.74) is 0.123. The van der Waals surface area contributed by atoms with Gasteiger partial charge in [-0.3, -0.25) is 0 Å². The van der Waals surface area contributed by atoms with Crippen molar-refractivity contribution in [2.75, 3.05) is 6.86 Å². The molecule has 160 valence electrons. The fraction of sp³-hybridized carbons (Fsp3) is 0.636. The van der Waals surface area contributed by atoms with Crippen molar-refractivity contribution in [2.45, 2.75) is 70.6 Å². The largest absolute Gasteiger partial charge is 0.463 e. The second-order valence-electron chi connectivity index (χ2n) is 8.88. The van der Waals surface area contributed by atoms with Gasteiger partial charge in [-0.05, 0) is 76.0 Å². The van der Waals surface area contributed by atoms with Crippen LogP contribution in [0.25, 0.3) is 0 Å². The van der Waals surface area contributed by atoms with E-state index < -0.39 is 30.6 Å². The molecular weight excluding hydrogens is 377 g/mol. The van der Waals surface area contributed by atoms with E-state index in [9.17, 15) is 14.0 Å². The number of hydrogen-bond acceptors (Lipinski definition) is 5. The summed E-state index contributed by atoms with van der Waals surface area (Å²) >= 11 is 0. The number of benzene rings is 1. The Morgan fingerprint density at radius 1 is 1.10 bits per heavy atom. The van der Waals surface area contributed by atoms with Gasteiger partial charge in [0, 0.05) is 6.42 Å². The molecule has 2 fully saturated rings. The Balaban J connectivity index is 1.67. The van der Waals surface area contributed by atoms with E-state index in [1.165, 1.54) is 0 Å². The Kier molecular flexibility index (Phi) is 6.65. The average Bonchev–Trinajstić information content (AvgIpc) is 3.53. The van der Waals surface area contributed by atoms with Gasteiger partial charge in [-0.25, -0.2) is 14.0 Å². The monoisotopic (exact) mass is 407 g/mol. The standard InChI is InChI=1S/C22H30FNO5/c1-22(2,3)29-21(26)24-18(12-14-4-10-17(11-5-14)27-13-23)20(25)28-19(15-6-7-15)16-8-9-16/h4-5,10-11,15-16,18-19H,6-9,12-13H2,1-3H3,(H,24,26). The summed E-state index contributed by atoms with van der Waals surface area (Å²) in [4.78, 5) is 25.2. The number of esters is 1. The van der Waals surface area contributed by atoms with Crippen LogP contribution in [-0.4, -0.2) is 36.7 Å². The number of nitrogens with one attached hydrogen (secondary N) is 1. The maximum Gasteiger partial charge on any atom is 0.408 e. The summed E-state index contributed by atoms with van der Waals surface area (Å²) in [7, 11) is 0. The van der Waals surface area contributed by atoms with Gasteiger partial charge in [0.15, 0.2) is 0 Å². The fourth-order valence-corrected chi connectivity index (χ4v) is 3.31. The fourth-order valence-electron chi connectivity index (χ4n) is 3.31. The third kappa shape index (κ3) is 6.91. The van der Waals surface area contributed by atoms with Crippen LogP contribution in [0.3, 0.4) is 0 Å². The summed E-state index contributed by atoms with van der Waals surface area (Å²) in [6.07, 6.45) is 3.90. The number of alkyl halides is 1. The van der Waals surface area contributed by atoms with Crippen LogP contribution >= 0.6 is 0 Å². The highest BCUT2D eigenvalue weighted by Crippen LogP contribution is 2.46. The van der Waals surface area contributed by atoms with Crippen LogP contribution in [-0.2, 0) is 20.7 Å². The Morgan fingerprint density at radius 2 is 1.69 bits per heavy atom. The van der Waals surface area contributed by atoms with E-state index in [4.69, 9.17) is 14.2 Å². The molecule has 29 heavy (non-hydrogen) atoms.